The van der Waals surface area contributed by atoms with Crippen LogP contribution in [0.3, 0.4) is 0 Å². The van der Waals surface area contributed by atoms with E-state index in [-0.39, 0.29) is 6.10 Å². The first-order valence-corrected chi connectivity index (χ1v) is 3.23. The molecule has 52 valence electrons. The fourth-order valence-corrected chi connectivity index (χ4v) is 0.941. The Kier molecular flexibility index (Phi) is 2.25. The van der Waals surface area contributed by atoms with E-state index in [2.05, 4.69) is 6.58 Å². The van der Waals surface area contributed by atoms with Gasteiger partial charge in [0.25, 0.3) is 0 Å². The van der Waals surface area contributed by atoms with Crippen molar-refractivity contribution in [2.75, 3.05) is 6.61 Å². The quantitative estimate of drug-likeness (QED) is 0.394. The van der Waals surface area contributed by atoms with Gasteiger partial charge in [0.05, 0.1) is 12.7 Å². The van der Waals surface area contributed by atoms with Crippen LogP contribution in [-0.2, 0) is 9.78 Å². The number of rotatable bonds is 1. The largest absolute Gasteiger partial charge is 0.236 e. The van der Waals surface area contributed by atoms with Gasteiger partial charge in [-0.25, -0.2) is 9.78 Å². The number of hydrogen-bond acceptors (Lipinski definition) is 2. The molecule has 1 aliphatic rings. The molecule has 0 bridgehead atoms. The van der Waals surface area contributed by atoms with Crippen LogP contribution in [0.5, 0.6) is 0 Å². The Morgan fingerprint density at radius 3 is 2.89 bits per heavy atom. The zero-order valence-electron chi connectivity index (χ0n) is 5.67. The van der Waals surface area contributed by atoms with Gasteiger partial charge in [-0.1, -0.05) is 6.08 Å². The SMILES string of the molecule is C=C[C@H]1COO[C@H](C)C1. The van der Waals surface area contributed by atoms with Crippen LogP contribution in [0.1, 0.15) is 13.3 Å². The molecule has 0 N–H and O–H groups in total. The summed E-state index contributed by atoms with van der Waals surface area (Å²) in [6.45, 7) is 6.34. The molecule has 0 saturated carbocycles. The zero-order chi connectivity index (χ0) is 6.69. The van der Waals surface area contributed by atoms with E-state index in [0.29, 0.717) is 12.5 Å². The highest BCUT2D eigenvalue weighted by atomic mass is 17.2. The Labute approximate surface area is 55.4 Å². The summed E-state index contributed by atoms with van der Waals surface area (Å²) in [6.07, 6.45) is 3.17. The van der Waals surface area contributed by atoms with Crippen LogP contribution in [0.2, 0.25) is 0 Å². The third-order valence-corrected chi connectivity index (χ3v) is 1.48. The van der Waals surface area contributed by atoms with E-state index < -0.39 is 0 Å². The molecule has 2 heteroatoms. The molecule has 0 aliphatic carbocycles. The smallest absolute Gasteiger partial charge is 0.0908 e. The summed E-state index contributed by atoms with van der Waals surface area (Å²) in [5.41, 5.74) is 0. The predicted octanol–water partition coefficient (Wildman–Crippen LogP) is 1.53. The van der Waals surface area contributed by atoms with Crippen LogP contribution in [-0.4, -0.2) is 12.7 Å². The highest BCUT2D eigenvalue weighted by Gasteiger charge is 2.17. The van der Waals surface area contributed by atoms with Crippen molar-refractivity contribution in [2.24, 2.45) is 5.92 Å². The monoisotopic (exact) mass is 128 g/mol. The van der Waals surface area contributed by atoms with Crippen molar-refractivity contribution in [1.29, 1.82) is 0 Å². The van der Waals surface area contributed by atoms with Gasteiger partial charge in [-0.3, -0.25) is 0 Å². The molecule has 2 nitrogen and oxygen atoms in total. The zero-order valence-corrected chi connectivity index (χ0v) is 5.67. The van der Waals surface area contributed by atoms with Crippen molar-refractivity contribution in [3.8, 4) is 0 Å². The summed E-state index contributed by atoms with van der Waals surface area (Å²) in [5, 5.41) is 0. The first-order valence-electron chi connectivity index (χ1n) is 3.23. The molecule has 1 rings (SSSR count). The fraction of sp³-hybridized carbons (Fsp3) is 0.714. The van der Waals surface area contributed by atoms with E-state index in [0.717, 1.165) is 6.42 Å². The molecule has 9 heavy (non-hydrogen) atoms. The highest BCUT2D eigenvalue weighted by molar-refractivity contribution is 4.81. The van der Waals surface area contributed by atoms with Crippen LogP contribution in [0.25, 0.3) is 0 Å². The van der Waals surface area contributed by atoms with Crippen LogP contribution >= 0.6 is 0 Å². The lowest BCUT2D eigenvalue weighted by molar-refractivity contribution is -0.348. The molecule has 0 radical (unpaired) electrons. The highest BCUT2D eigenvalue weighted by Crippen LogP contribution is 2.16. The molecule has 0 unspecified atom stereocenters. The van der Waals surface area contributed by atoms with Crippen LogP contribution < -0.4 is 0 Å². The first kappa shape index (κ1) is 6.78. The van der Waals surface area contributed by atoms with Crippen molar-refractivity contribution in [2.45, 2.75) is 19.4 Å². The maximum atomic E-state index is 4.86. The molecular formula is C7H12O2. The Hall–Kier alpha value is -0.340. The van der Waals surface area contributed by atoms with E-state index in [4.69, 9.17) is 9.78 Å². The van der Waals surface area contributed by atoms with E-state index in [1.807, 2.05) is 13.0 Å². The molecule has 0 amide bonds. The second kappa shape index (κ2) is 2.99. The summed E-state index contributed by atoms with van der Waals surface area (Å²) < 4.78 is 0. The third kappa shape index (κ3) is 1.80. The van der Waals surface area contributed by atoms with Crippen LogP contribution in [0.15, 0.2) is 12.7 Å². The van der Waals surface area contributed by atoms with E-state index >= 15 is 0 Å². The average molecular weight is 128 g/mol. The summed E-state index contributed by atoms with van der Waals surface area (Å²) in [6, 6.07) is 0. The molecule has 0 aromatic carbocycles. The van der Waals surface area contributed by atoms with Gasteiger partial charge in [-0.05, 0) is 13.3 Å². The van der Waals surface area contributed by atoms with Crippen molar-refractivity contribution in [3.05, 3.63) is 12.7 Å². The first-order chi connectivity index (χ1) is 4.33. The average Bonchev–Trinajstić information content (AvgIpc) is 1.88. The second-order valence-corrected chi connectivity index (χ2v) is 2.42. The topological polar surface area (TPSA) is 18.5 Å². The maximum absolute atomic E-state index is 4.86. The Morgan fingerprint density at radius 2 is 2.44 bits per heavy atom. The van der Waals surface area contributed by atoms with Crippen molar-refractivity contribution in [1.82, 2.24) is 0 Å². The Bertz CT molecular complexity index is 101. The van der Waals surface area contributed by atoms with Gasteiger partial charge < -0.3 is 0 Å². The standard InChI is InChI=1S/C7H12O2/c1-3-7-4-6(2)9-8-5-7/h3,6-7H,1,4-5H2,2H3/t6-,7-/m1/s1. The predicted molar refractivity (Wildman–Crippen MR) is 34.8 cm³/mol. The normalized spacial score (nSPS) is 36.1. The van der Waals surface area contributed by atoms with E-state index in [1.54, 1.807) is 0 Å². The molecule has 1 heterocycles. The summed E-state index contributed by atoms with van der Waals surface area (Å²) in [5.74, 6) is 0.480. The minimum atomic E-state index is 0.224. The van der Waals surface area contributed by atoms with Crippen LogP contribution in [0.4, 0.5) is 0 Å². The van der Waals surface area contributed by atoms with E-state index in [9.17, 15) is 0 Å². The Morgan fingerprint density at radius 1 is 1.67 bits per heavy atom. The molecule has 0 aromatic rings. The fourth-order valence-electron chi connectivity index (χ4n) is 0.941. The summed E-state index contributed by atoms with van der Waals surface area (Å²) in [7, 11) is 0. The van der Waals surface area contributed by atoms with Gasteiger partial charge in [0.1, 0.15) is 0 Å². The lowest BCUT2D eigenvalue weighted by atomic mass is 10.0. The third-order valence-electron chi connectivity index (χ3n) is 1.48. The van der Waals surface area contributed by atoms with Crippen molar-refractivity contribution in [3.63, 3.8) is 0 Å². The van der Waals surface area contributed by atoms with Gasteiger partial charge in [-0.15, -0.1) is 6.58 Å². The van der Waals surface area contributed by atoms with Gasteiger partial charge >= 0.3 is 0 Å². The lowest BCUT2D eigenvalue weighted by Gasteiger charge is -2.23. The lowest BCUT2D eigenvalue weighted by Crippen LogP contribution is -2.23. The van der Waals surface area contributed by atoms with E-state index in [1.165, 1.54) is 0 Å². The molecule has 1 saturated heterocycles. The number of hydrogen-bond donors (Lipinski definition) is 0. The van der Waals surface area contributed by atoms with Gasteiger partial charge in [0, 0.05) is 5.92 Å². The van der Waals surface area contributed by atoms with Gasteiger partial charge in [0.2, 0.25) is 0 Å². The summed E-state index contributed by atoms with van der Waals surface area (Å²) >= 11 is 0. The minimum Gasteiger partial charge on any atom is -0.236 e. The minimum absolute atomic E-state index is 0.224. The van der Waals surface area contributed by atoms with Gasteiger partial charge in [-0.2, -0.15) is 0 Å². The van der Waals surface area contributed by atoms with Crippen LogP contribution in [0, 0.1) is 5.92 Å². The molecule has 1 aliphatic heterocycles. The second-order valence-electron chi connectivity index (χ2n) is 2.42. The maximum Gasteiger partial charge on any atom is 0.0908 e. The Balaban J connectivity index is 2.31. The molecule has 2 atom stereocenters. The molecular weight excluding hydrogens is 116 g/mol. The molecule has 1 fully saturated rings. The molecule has 0 spiro atoms. The van der Waals surface area contributed by atoms with Crippen molar-refractivity contribution >= 4 is 0 Å². The summed E-state index contributed by atoms with van der Waals surface area (Å²) in [4.78, 5) is 9.68. The molecule has 0 aromatic heterocycles. The van der Waals surface area contributed by atoms with Gasteiger partial charge in [0.15, 0.2) is 0 Å². The van der Waals surface area contributed by atoms with Crippen molar-refractivity contribution < 1.29 is 9.78 Å².